The summed E-state index contributed by atoms with van der Waals surface area (Å²) < 4.78 is 23.7. The van der Waals surface area contributed by atoms with E-state index in [9.17, 15) is 4.79 Å². The SMILES string of the molecule is O=c1c2ccccc2oc2cc3c(cc12)sc1c(-c2cccc(-c4cc5c6c(c4)c4cccc7c4n6-c4c(cccc4O5)O7)c2)cccc13. The summed E-state index contributed by atoms with van der Waals surface area (Å²) in [4.78, 5) is 13.4. The van der Waals surface area contributed by atoms with Gasteiger partial charge in [-0.3, -0.25) is 9.36 Å². The molecule has 0 saturated carbocycles. The second kappa shape index (κ2) is 8.95. The number of thiophene rings is 1. The van der Waals surface area contributed by atoms with Crippen LogP contribution in [0.4, 0.5) is 0 Å². The van der Waals surface area contributed by atoms with E-state index < -0.39 is 0 Å². The highest BCUT2D eigenvalue weighted by molar-refractivity contribution is 7.26. The van der Waals surface area contributed by atoms with E-state index in [-0.39, 0.29) is 5.43 Å². The lowest BCUT2D eigenvalue weighted by Gasteiger charge is -2.27. The molecule has 12 rings (SSSR count). The number of hydrogen-bond acceptors (Lipinski definition) is 5. The van der Waals surface area contributed by atoms with Gasteiger partial charge in [0.15, 0.2) is 23.0 Å². The van der Waals surface area contributed by atoms with Gasteiger partial charge in [-0.1, -0.05) is 66.7 Å². The van der Waals surface area contributed by atoms with Gasteiger partial charge < -0.3 is 13.9 Å². The van der Waals surface area contributed by atoms with Crippen molar-refractivity contribution in [2.45, 2.75) is 0 Å². The lowest BCUT2D eigenvalue weighted by Crippen LogP contribution is -2.09. The Hall–Kier alpha value is -6.37. The minimum atomic E-state index is 0.00141. The average molecular weight is 648 g/mol. The van der Waals surface area contributed by atoms with Crippen molar-refractivity contribution in [3.05, 3.63) is 138 Å². The Balaban J connectivity index is 1.05. The highest BCUT2D eigenvalue weighted by Crippen LogP contribution is 2.54. The van der Waals surface area contributed by atoms with E-state index in [1.165, 1.54) is 4.70 Å². The number of benzene rings is 7. The number of nitrogens with zero attached hydrogens (tertiary/aromatic N) is 1. The summed E-state index contributed by atoms with van der Waals surface area (Å²) in [6, 6.07) is 43.4. The van der Waals surface area contributed by atoms with Crippen LogP contribution in [0.1, 0.15) is 0 Å². The number of rotatable bonds is 2. The second-order valence-electron chi connectivity index (χ2n) is 12.8. The molecular weight excluding hydrogens is 627 g/mol. The molecule has 6 heteroatoms. The summed E-state index contributed by atoms with van der Waals surface area (Å²) in [6.45, 7) is 0. The third kappa shape index (κ3) is 3.31. The molecule has 5 nitrogen and oxygen atoms in total. The van der Waals surface area contributed by atoms with Crippen molar-refractivity contribution in [3.8, 4) is 50.9 Å². The molecule has 0 radical (unpaired) electrons. The fourth-order valence-corrected chi connectivity index (χ4v) is 9.25. The molecule has 2 aliphatic heterocycles. The molecular formula is C43H21NO4S. The molecule has 0 saturated heterocycles. The molecule has 0 fully saturated rings. The Labute approximate surface area is 281 Å². The normalized spacial score (nSPS) is 12.9. The molecule has 0 N–H and O–H groups in total. The van der Waals surface area contributed by atoms with Crippen LogP contribution in [0.15, 0.2) is 137 Å². The molecule has 3 aromatic heterocycles. The molecule has 10 aromatic rings. The van der Waals surface area contributed by atoms with Crippen LogP contribution in [0.5, 0.6) is 23.0 Å². The second-order valence-corrected chi connectivity index (χ2v) is 13.9. The van der Waals surface area contributed by atoms with E-state index >= 15 is 0 Å². The van der Waals surface area contributed by atoms with Crippen LogP contribution in [0, 0.1) is 0 Å². The molecule has 7 aromatic carbocycles. The number of ether oxygens (including phenoxy) is 2. The van der Waals surface area contributed by atoms with E-state index in [1.807, 2.05) is 60.7 Å². The van der Waals surface area contributed by atoms with Crippen LogP contribution in [0.3, 0.4) is 0 Å². The highest BCUT2D eigenvalue weighted by atomic mass is 32.1. The van der Waals surface area contributed by atoms with Crippen molar-refractivity contribution < 1.29 is 13.9 Å². The van der Waals surface area contributed by atoms with Crippen molar-refractivity contribution in [1.82, 2.24) is 4.57 Å². The predicted octanol–water partition coefficient (Wildman–Crippen LogP) is 12.0. The van der Waals surface area contributed by atoms with Gasteiger partial charge in [0.25, 0.3) is 0 Å². The van der Waals surface area contributed by atoms with Crippen molar-refractivity contribution in [3.63, 3.8) is 0 Å². The van der Waals surface area contributed by atoms with Crippen molar-refractivity contribution in [1.29, 1.82) is 0 Å². The molecule has 0 spiro atoms. The topological polar surface area (TPSA) is 53.6 Å². The van der Waals surface area contributed by atoms with E-state index in [4.69, 9.17) is 13.9 Å². The van der Waals surface area contributed by atoms with Gasteiger partial charge in [0.2, 0.25) is 5.43 Å². The van der Waals surface area contributed by atoms with Gasteiger partial charge in [0.05, 0.1) is 21.8 Å². The first-order valence-corrected chi connectivity index (χ1v) is 17.0. The first kappa shape index (κ1) is 25.7. The molecule has 228 valence electrons. The number of fused-ring (bicyclic) bond motifs is 6. The number of para-hydroxylation sites is 3. The molecule has 49 heavy (non-hydrogen) atoms. The van der Waals surface area contributed by atoms with Gasteiger partial charge >= 0.3 is 0 Å². The van der Waals surface area contributed by atoms with Crippen molar-refractivity contribution >= 4 is 75.3 Å². The van der Waals surface area contributed by atoms with Crippen LogP contribution in [-0.4, -0.2) is 4.57 Å². The third-order valence-corrected chi connectivity index (χ3v) is 11.3. The minimum Gasteiger partial charge on any atom is -0.456 e. The van der Waals surface area contributed by atoms with Gasteiger partial charge in [0.1, 0.15) is 16.9 Å². The molecule has 2 aliphatic rings. The Morgan fingerprint density at radius 1 is 0.490 bits per heavy atom. The first-order valence-electron chi connectivity index (χ1n) is 16.2. The maximum absolute atomic E-state index is 13.4. The van der Waals surface area contributed by atoms with E-state index in [0.717, 1.165) is 88.2 Å². The van der Waals surface area contributed by atoms with Crippen LogP contribution in [0.2, 0.25) is 0 Å². The van der Waals surface area contributed by atoms with Gasteiger partial charge in [-0.15, -0.1) is 11.3 Å². The van der Waals surface area contributed by atoms with Gasteiger partial charge in [-0.2, -0.15) is 0 Å². The molecule has 0 unspecified atom stereocenters. The standard InChI is InChI=1S/C43H21NO4S/c45-42-28-9-1-2-13-32(28)46-36-20-29-27-12-4-10-25(43(27)49-38(29)21-31(36)42)23-8-3-7-22(17-23)24-18-30-26-11-5-14-33-39(26)44-40(30)37(19-24)48-35-16-6-15-34(47-33)41(35)44/h1-21H. The summed E-state index contributed by atoms with van der Waals surface area (Å²) in [5, 5.41) is 5.72. The number of aromatic nitrogens is 1. The van der Waals surface area contributed by atoms with Gasteiger partial charge in [-0.05, 0) is 82.9 Å². The van der Waals surface area contributed by atoms with Gasteiger partial charge in [-0.25, -0.2) is 0 Å². The lowest BCUT2D eigenvalue weighted by atomic mass is 9.96. The Kier molecular flexibility index (Phi) is 4.69. The zero-order valence-corrected chi connectivity index (χ0v) is 26.4. The quantitative estimate of drug-likeness (QED) is 0.175. The summed E-state index contributed by atoms with van der Waals surface area (Å²) in [5.74, 6) is 3.28. The fourth-order valence-electron chi connectivity index (χ4n) is 7.99. The predicted molar refractivity (Wildman–Crippen MR) is 198 cm³/mol. The Morgan fingerprint density at radius 3 is 2.16 bits per heavy atom. The first-order chi connectivity index (χ1) is 24.2. The Bertz CT molecular complexity index is 3200. The minimum absolute atomic E-state index is 0.00141. The fraction of sp³-hybridized carbons (Fsp3) is 0. The Morgan fingerprint density at radius 2 is 1.22 bits per heavy atom. The molecule has 0 bridgehead atoms. The smallest absolute Gasteiger partial charge is 0.200 e. The number of hydrogen-bond donors (Lipinski definition) is 0. The van der Waals surface area contributed by atoms with E-state index in [1.54, 1.807) is 11.3 Å². The average Bonchev–Trinajstić information content (AvgIpc) is 3.68. The summed E-state index contributed by atoms with van der Waals surface area (Å²) in [7, 11) is 0. The van der Waals surface area contributed by atoms with Crippen molar-refractivity contribution in [2.24, 2.45) is 0 Å². The summed E-state index contributed by atoms with van der Waals surface area (Å²) >= 11 is 1.72. The highest BCUT2D eigenvalue weighted by Gasteiger charge is 2.32. The van der Waals surface area contributed by atoms with Gasteiger partial charge in [0, 0.05) is 30.9 Å². The molecule has 0 amide bonds. The molecule has 0 aliphatic carbocycles. The third-order valence-electron chi connectivity index (χ3n) is 10.1. The van der Waals surface area contributed by atoms with Crippen LogP contribution in [0.25, 0.3) is 91.9 Å². The summed E-state index contributed by atoms with van der Waals surface area (Å²) in [5.41, 5.74) is 8.78. The van der Waals surface area contributed by atoms with Crippen molar-refractivity contribution in [2.75, 3.05) is 0 Å². The van der Waals surface area contributed by atoms with Crippen LogP contribution >= 0.6 is 11.3 Å². The summed E-state index contributed by atoms with van der Waals surface area (Å²) in [6.07, 6.45) is 0. The monoisotopic (exact) mass is 647 g/mol. The largest absolute Gasteiger partial charge is 0.456 e. The maximum Gasteiger partial charge on any atom is 0.200 e. The lowest BCUT2D eigenvalue weighted by molar-refractivity contribution is 0.444. The zero-order valence-electron chi connectivity index (χ0n) is 25.6. The molecule has 0 atom stereocenters. The van der Waals surface area contributed by atoms with Crippen LogP contribution < -0.4 is 14.9 Å². The van der Waals surface area contributed by atoms with E-state index in [0.29, 0.717) is 21.9 Å². The maximum atomic E-state index is 13.4. The zero-order chi connectivity index (χ0) is 32.0. The van der Waals surface area contributed by atoms with E-state index in [2.05, 4.69) is 71.3 Å². The van der Waals surface area contributed by atoms with Crippen LogP contribution in [-0.2, 0) is 0 Å². The molecule has 5 heterocycles.